The molecule has 1 heterocycles. The van der Waals surface area contributed by atoms with Crippen molar-refractivity contribution in [2.45, 2.75) is 18.9 Å². The largest absolute Gasteiger partial charge is 0.340 e. The number of sulfonamides is 1. The number of hydrogen-bond acceptors (Lipinski definition) is 4. The minimum atomic E-state index is -3.29. The Morgan fingerprint density at radius 3 is 2.24 bits per heavy atom. The summed E-state index contributed by atoms with van der Waals surface area (Å²) < 4.78 is 63.9. The van der Waals surface area contributed by atoms with Crippen LogP contribution in [0.1, 0.15) is 12.0 Å². The zero-order valence-corrected chi connectivity index (χ0v) is 14.5. The summed E-state index contributed by atoms with van der Waals surface area (Å²) in [6.07, 6.45) is 0.895. The number of hydrogen-bond donors (Lipinski definition) is 1. The molecule has 6 nitrogen and oxygen atoms in total. The Morgan fingerprint density at radius 1 is 1.12 bits per heavy atom. The smallest absolute Gasteiger partial charge is 0.224 e. The second kappa shape index (κ2) is 7.71. The molecule has 1 aromatic rings. The predicted octanol–water partition coefficient (Wildman–Crippen LogP) is 0.468. The second-order valence-corrected chi connectivity index (χ2v) is 8.05. The van der Waals surface area contributed by atoms with Crippen LogP contribution in [0.4, 0.5) is 13.2 Å². The van der Waals surface area contributed by atoms with Gasteiger partial charge in [0.2, 0.25) is 15.9 Å². The molecule has 0 radical (unpaired) electrons. The van der Waals surface area contributed by atoms with Crippen molar-refractivity contribution in [3.63, 3.8) is 0 Å². The van der Waals surface area contributed by atoms with Crippen LogP contribution in [0.3, 0.4) is 0 Å². The van der Waals surface area contributed by atoms with E-state index in [1.165, 1.54) is 9.21 Å². The van der Waals surface area contributed by atoms with Gasteiger partial charge in [0.1, 0.15) is 5.82 Å². The molecule has 10 heteroatoms. The van der Waals surface area contributed by atoms with Crippen molar-refractivity contribution in [2.24, 2.45) is 5.73 Å². The Morgan fingerprint density at radius 2 is 1.68 bits per heavy atom. The highest BCUT2D eigenvalue weighted by Crippen LogP contribution is 2.16. The zero-order chi connectivity index (χ0) is 18.8. The topological polar surface area (TPSA) is 83.7 Å². The lowest BCUT2D eigenvalue weighted by Crippen LogP contribution is -2.51. The van der Waals surface area contributed by atoms with Crippen molar-refractivity contribution in [1.82, 2.24) is 9.21 Å². The van der Waals surface area contributed by atoms with Gasteiger partial charge in [-0.1, -0.05) is 0 Å². The summed E-state index contributed by atoms with van der Waals surface area (Å²) in [5.74, 6) is -3.66. The fourth-order valence-electron chi connectivity index (χ4n) is 2.70. The van der Waals surface area contributed by atoms with E-state index in [2.05, 4.69) is 0 Å². The van der Waals surface area contributed by atoms with Crippen molar-refractivity contribution in [3.05, 3.63) is 35.1 Å². The Bertz CT molecular complexity index is 750. The maximum atomic E-state index is 13.6. The quantitative estimate of drug-likeness (QED) is 0.754. The summed E-state index contributed by atoms with van der Waals surface area (Å²) in [6.45, 7) is 0.908. The molecule has 1 aromatic carbocycles. The van der Waals surface area contributed by atoms with Gasteiger partial charge in [-0.05, 0) is 18.1 Å². The molecule has 1 fully saturated rings. The molecule has 0 aliphatic carbocycles. The van der Waals surface area contributed by atoms with Crippen LogP contribution in [0.5, 0.6) is 0 Å². The molecule has 2 rings (SSSR count). The minimum Gasteiger partial charge on any atom is -0.340 e. The highest BCUT2D eigenvalue weighted by atomic mass is 32.2. The fourth-order valence-corrected chi connectivity index (χ4v) is 3.52. The summed E-state index contributed by atoms with van der Waals surface area (Å²) in [4.78, 5) is 13.7. The van der Waals surface area contributed by atoms with Gasteiger partial charge in [-0.25, -0.2) is 21.6 Å². The van der Waals surface area contributed by atoms with Crippen LogP contribution in [0.25, 0.3) is 0 Å². The summed E-state index contributed by atoms with van der Waals surface area (Å²) in [5.41, 5.74) is 5.73. The summed E-state index contributed by atoms with van der Waals surface area (Å²) in [5, 5.41) is 0. The van der Waals surface area contributed by atoms with Crippen LogP contribution in [-0.2, 0) is 21.2 Å². The molecule has 0 saturated carbocycles. The molecule has 1 aliphatic heterocycles. The van der Waals surface area contributed by atoms with E-state index < -0.39 is 33.5 Å². The molecule has 0 spiro atoms. The number of halogens is 3. The van der Waals surface area contributed by atoms with Crippen molar-refractivity contribution < 1.29 is 26.4 Å². The third-order valence-electron chi connectivity index (χ3n) is 4.07. The molecule has 1 amide bonds. The zero-order valence-electron chi connectivity index (χ0n) is 13.7. The van der Waals surface area contributed by atoms with Gasteiger partial charge in [-0.15, -0.1) is 0 Å². The van der Waals surface area contributed by atoms with Gasteiger partial charge in [0.25, 0.3) is 0 Å². The first-order valence-corrected chi connectivity index (χ1v) is 9.54. The van der Waals surface area contributed by atoms with Gasteiger partial charge in [0.15, 0.2) is 11.6 Å². The number of nitrogens with zero attached hydrogens (tertiary/aromatic N) is 2. The first kappa shape index (κ1) is 19.7. The number of piperazine rings is 1. The predicted molar refractivity (Wildman–Crippen MR) is 85.6 cm³/mol. The van der Waals surface area contributed by atoms with Gasteiger partial charge in [0.05, 0.1) is 6.26 Å². The molecule has 1 atom stereocenters. The van der Waals surface area contributed by atoms with Gasteiger partial charge in [-0.2, -0.15) is 4.31 Å². The van der Waals surface area contributed by atoms with Gasteiger partial charge >= 0.3 is 0 Å². The van der Waals surface area contributed by atoms with E-state index in [1.54, 1.807) is 0 Å². The average Bonchev–Trinajstić information content (AvgIpc) is 2.51. The monoisotopic (exact) mass is 379 g/mol. The van der Waals surface area contributed by atoms with Crippen LogP contribution in [-0.4, -0.2) is 62.0 Å². The summed E-state index contributed by atoms with van der Waals surface area (Å²) in [7, 11) is -3.29. The first-order valence-electron chi connectivity index (χ1n) is 7.70. The van der Waals surface area contributed by atoms with E-state index in [1.807, 2.05) is 0 Å². The number of rotatable bonds is 5. The molecule has 1 aliphatic rings. The number of carbonyl (C=O) groups excluding carboxylic acids is 1. The van der Waals surface area contributed by atoms with Crippen LogP contribution in [0.15, 0.2) is 12.1 Å². The molecule has 140 valence electrons. The lowest BCUT2D eigenvalue weighted by atomic mass is 10.0. The van der Waals surface area contributed by atoms with Crippen molar-refractivity contribution in [3.8, 4) is 0 Å². The number of amides is 1. The molecule has 1 saturated heterocycles. The third kappa shape index (κ3) is 5.16. The number of benzene rings is 1. The van der Waals surface area contributed by atoms with Crippen LogP contribution in [0, 0.1) is 17.5 Å². The highest BCUT2D eigenvalue weighted by Gasteiger charge is 2.27. The molecule has 2 N–H and O–H groups in total. The minimum absolute atomic E-state index is 0.0962. The molecular formula is C15H20F3N3O3S. The van der Waals surface area contributed by atoms with Crippen molar-refractivity contribution >= 4 is 15.9 Å². The normalized spacial score (nSPS) is 17.6. The van der Waals surface area contributed by atoms with E-state index in [0.717, 1.165) is 12.3 Å². The third-order valence-corrected chi connectivity index (χ3v) is 5.37. The molecular weight excluding hydrogens is 359 g/mol. The highest BCUT2D eigenvalue weighted by molar-refractivity contribution is 7.88. The molecule has 0 aromatic heterocycles. The molecule has 0 bridgehead atoms. The molecule has 0 unspecified atom stereocenters. The van der Waals surface area contributed by atoms with Crippen LogP contribution in [0.2, 0.25) is 0 Å². The van der Waals surface area contributed by atoms with Crippen LogP contribution >= 0.6 is 0 Å². The lowest BCUT2D eigenvalue weighted by molar-refractivity contribution is -0.132. The Kier molecular flexibility index (Phi) is 6.07. The van der Waals surface area contributed by atoms with E-state index >= 15 is 0 Å². The van der Waals surface area contributed by atoms with Crippen LogP contribution < -0.4 is 5.73 Å². The average molecular weight is 379 g/mol. The standard InChI is InChI=1S/C15H20F3N3O3S/c1-25(23,24)21-4-2-20(3-5-21)15(22)8-11(19)6-10-7-13(17)14(18)9-12(10)16/h7,9,11H,2-6,8,19H2,1H3/t11-/m1/s1. The van der Waals surface area contributed by atoms with E-state index in [9.17, 15) is 26.4 Å². The van der Waals surface area contributed by atoms with E-state index in [0.29, 0.717) is 6.07 Å². The maximum absolute atomic E-state index is 13.6. The Hall–Kier alpha value is -1.65. The van der Waals surface area contributed by atoms with Crippen molar-refractivity contribution in [2.75, 3.05) is 32.4 Å². The van der Waals surface area contributed by atoms with Gasteiger partial charge in [0, 0.05) is 44.7 Å². The number of carbonyl (C=O) groups is 1. The van der Waals surface area contributed by atoms with Gasteiger partial charge in [-0.3, -0.25) is 4.79 Å². The second-order valence-electron chi connectivity index (χ2n) is 6.07. The number of nitrogens with two attached hydrogens (primary N) is 1. The van der Waals surface area contributed by atoms with Gasteiger partial charge < -0.3 is 10.6 Å². The lowest BCUT2D eigenvalue weighted by Gasteiger charge is -2.33. The fraction of sp³-hybridized carbons (Fsp3) is 0.533. The first-order chi connectivity index (χ1) is 11.6. The maximum Gasteiger partial charge on any atom is 0.224 e. The summed E-state index contributed by atoms with van der Waals surface area (Å²) in [6, 6.07) is 0.420. The SMILES string of the molecule is CS(=O)(=O)N1CCN(C(=O)C[C@H](N)Cc2cc(F)c(F)cc2F)CC1. The Balaban J connectivity index is 1.90. The summed E-state index contributed by atoms with van der Waals surface area (Å²) >= 11 is 0. The Labute approximate surface area is 144 Å². The molecule has 25 heavy (non-hydrogen) atoms. The van der Waals surface area contributed by atoms with E-state index in [-0.39, 0.29) is 50.5 Å². The van der Waals surface area contributed by atoms with E-state index in [4.69, 9.17) is 5.73 Å². The van der Waals surface area contributed by atoms with Crippen molar-refractivity contribution in [1.29, 1.82) is 0 Å².